The molecular weight excluding hydrogens is 198 g/mol. The summed E-state index contributed by atoms with van der Waals surface area (Å²) in [4.78, 5) is 3.92. The Morgan fingerprint density at radius 2 is 2.12 bits per heavy atom. The Hall–Kier alpha value is -1.51. The summed E-state index contributed by atoms with van der Waals surface area (Å²) in [5.41, 5.74) is 8.77. The standard InChI is InChI=1S/C13H19N3/c1-10-5-3-4-6-11(10)13(7-8-13)9-16-12(14)15-2/h3-6H,7-9H2,1-2H3,(H3,14,15,16). The number of aliphatic imine (C=N–C) groups is 1. The zero-order valence-electron chi connectivity index (χ0n) is 9.96. The quantitative estimate of drug-likeness (QED) is 0.596. The van der Waals surface area contributed by atoms with Crippen LogP contribution in [0.25, 0.3) is 0 Å². The van der Waals surface area contributed by atoms with Crippen LogP contribution in [0.2, 0.25) is 0 Å². The van der Waals surface area contributed by atoms with E-state index in [1.807, 2.05) is 0 Å². The number of nitrogens with one attached hydrogen (secondary N) is 1. The van der Waals surface area contributed by atoms with Gasteiger partial charge in [0.1, 0.15) is 0 Å². The van der Waals surface area contributed by atoms with Gasteiger partial charge in [0.15, 0.2) is 5.96 Å². The van der Waals surface area contributed by atoms with Crippen molar-refractivity contribution in [2.24, 2.45) is 10.7 Å². The summed E-state index contributed by atoms with van der Waals surface area (Å²) in [5.74, 6) is 0.528. The molecule has 3 nitrogen and oxygen atoms in total. The van der Waals surface area contributed by atoms with Crippen molar-refractivity contribution in [2.75, 3.05) is 13.6 Å². The largest absolute Gasteiger partial charge is 0.370 e. The summed E-state index contributed by atoms with van der Waals surface area (Å²) < 4.78 is 0. The van der Waals surface area contributed by atoms with Crippen molar-refractivity contribution in [1.82, 2.24) is 5.32 Å². The van der Waals surface area contributed by atoms with E-state index in [1.54, 1.807) is 7.05 Å². The first-order valence-electron chi connectivity index (χ1n) is 5.70. The highest BCUT2D eigenvalue weighted by atomic mass is 15.1. The summed E-state index contributed by atoms with van der Waals surface area (Å²) in [6.07, 6.45) is 2.48. The van der Waals surface area contributed by atoms with E-state index in [2.05, 4.69) is 41.5 Å². The van der Waals surface area contributed by atoms with Crippen LogP contribution in [0.3, 0.4) is 0 Å². The third-order valence-corrected chi connectivity index (χ3v) is 3.42. The molecule has 0 aromatic heterocycles. The van der Waals surface area contributed by atoms with Gasteiger partial charge in [-0.1, -0.05) is 24.3 Å². The van der Waals surface area contributed by atoms with E-state index in [0.29, 0.717) is 11.4 Å². The van der Waals surface area contributed by atoms with Crippen LogP contribution in [0.5, 0.6) is 0 Å². The molecule has 16 heavy (non-hydrogen) atoms. The van der Waals surface area contributed by atoms with Gasteiger partial charge in [0.2, 0.25) is 0 Å². The van der Waals surface area contributed by atoms with Crippen molar-refractivity contribution < 1.29 is 0 Å². The highest BCUT2D eigenvalue weighted by Crippen LogP contribution is 2.48. The fourth-order valence-corrected chi connectivity index (χ4v) is 2.20. The lowest BCUT2D eigenvalue weighted by atomic mass is 9.92. The van der Waals surface area contributed by atoms with Crippen LogP contribution < -0.4 is 11.1 Å². The predicted octanol–water partition coefficient (Wildman–Crippen LogP) is 1.56. The molecule has 1 fully saturated rings. The van der Waals surface area contributed by atoms with Crippen LogP contribution in [0, 0.1) is 6.92 Å². The van der Waals surface area contributed by atoms with Crippen LogP contribution in [-0.2, 0) is 5.41 Å². The first kappa shape index (κ1) is 11.0. The second-order valence-corrected chi connectivity index (χ2v) is 4.56. The number of hydrogen-bond donors (Lipinski definition) is 2. The predicted molar refractivity (Wildman–Crippen MR) is 67.6 cm³/mol. The number of nitrogens with zero attached hydrogens (tertiary/aromatic N) is 1. The maximum Gasteiger partial charge on any atom is 0.188 e. The molecular formula is C13H19N3. The fraction of sp³-hybridized carbons (Fsp3) is 0.462. The number of benzene rings is 1. The molecule has 1 aliphatic carbocycles. The average Bonchev–Trinajstić information content (AvgIpc) is 3.07. The van der Waals surface area contributed by atoms with Gasteiger partial charge in [0, 0.05) is 19.0 Å². The maximum atomic E-state index is 5.66. The molecule has 0 unspecified atom stereocenters. The summed E-state index contributed by atoms with van der Waals surface area (Å²) in [5, 5.41) is 3.19. The van der Waals surface area contributed by atoms with E-state index in [-0.39, 0.29) is 0 Å². The normalized spacial score (nSPS) is 18.2. The van der Waals surface area contributed by atoms with Gasteiger partial charge in [-0.2, -0.15) is 0 Å². The highest BCUT2D eigenvalue weighted by Gasteiger charge is 2.44. The zero-order chi connectivity index (χ0) is 11.6. The number of aryl methyl sites for hydroxylation is 1. The van der Waals surface area contributed by atoms with Gasteiger partial charge >= 0.3 is 0 Å². The smallest absolute Gasteiger partial charge is 0.188 e. The van der Waals surface area contributed by atoms with Gasteiger partial charge in [0.05, 0.1) is 0 Å². The monoisotopic (exact) mass is 217 g/mol. The Balaban J connectivity index is 2.12. The molecule has 0 spiro atoms. The molecule has 0 atom stereocenters. The lowest BCUT2D eigenvalue weighted by molar-refractivity contribution is 0.652. The van der Waals surface area contributed by atoms with E-state index in [4.69, 9.17) is 5.73 Å². The van der Waals surface area contributed by atoms with Gasteiger partial charge in [-0.25, -0.2) is 0 Å². The molecule has 0 aliphatic heterocycles. The van der Waals surface area contributed by atoms with E-state index >= 15 is 0 Å². The van der Waals surface area contributed by atoms with Crippen LogP contribution in [-0.4, -0.2) is 19.6 Å². The Bertz CT molecular complexity index is 405. The van der Waals surface area contributed by atoms with Crippen molar-refractivity contribution in [1.29, 1.82) is 0 Å². The average molecular weight is 217 g/mol. The Morgan fingerprint density at radius 3 is 2.69 bits per heavy atom. The number of guanidine groups is 1. The fourth-order valence-electron chi connectivity index (χ4n) is 2.20. The third kappa shape index (κ3) is 2.03. The molecule has 2 rings (SSSR count). The minimum atomic E-state index is 0.292. The van der Waals surface area contributed by atoms with Crippen molar-refractivity contribution >= 4 is 5.96 Å². The van der Waals surface area contributed by atoms with Crippen molar-refractivity contribution in [3.8, 4) is 0 Å². The third-order valence-electron chi connectivity index (χ3n) is 3.42. The molecule has 0 amide bonds. The Labute approximate surface area is 96.8 Å². The molecule has 0 heterocycles. The molecule has 1 aromatic rings. The Morgan fingerprint density at radius 1 is 1.44 bits per heavy atom. The molecule has 3 N–H and O–H groups in total. The molecule has 3 heteroatoms. The lowest BCUT2D eigenvalue weighted by Gasteiger charge is -2.19. The second kappa shape index (κ2) is 4.16. The Kier molecular flexibility index (Phi) is 2.86. The van der Waals surface area contributed by atoms with Gasteiger partial charge < -0.3 is 11.1 Å². The van der Waals surface area contributed by atoms with Gasteiger partial charge in [0.25, 0.3) is 0 Å². The van der Waals surface area contributed by atoms with Gasteiger partial charge in [-0.05, 0) is 30.9 Å². The number of hydrogen-bond acceptors (Lipinski definition) is 1. The zero-order valence-corrected chi connectivity index (χ0v) is 9.96. The van der Waals surface area contributed by atoms with Gasteiger partial charge in [-0.15, -0.1) is 0 Å². The minimum absolute atomic E-state index is 0.292. The summed E-state index contributed by atoms with van der Waals surface area (Å²) >= 11 is 0. The molecule has 0 saturated heterocycles. The SMILES string of the molecule is CN=C(N)NCC1(c2ccccc2C)CC1. The van der Waals surface area contributed by atoms with Crippen molar-refractivity contribution in [3.63, 3.8) is 0 Å². The molecule has 86 valence electrons. The van der Waals surface area contributed by atoms with E-state index in [0.717, 1.165) is 6.54 Å². The molecule has 0 radical (unpaired) electrons. The van der Waals surface area contributed by atoms with Crippen LogP contribution in [0.15, 0.2) is 29.3 Å². The number of nitrogens with two attached hydrogens (primary N) is 1. The van der Waals surface area contributed by atoms with Crippen LogP contribution in [0.4, 0.5) is 0 Å². The number of rotatable bonds is 3. The first-order valence-corrected chi connectivity index (χ1v) is 5.70. The molecule has 1 saturated carbocycles. The van der Waals surface area contributed by atoms with E-state index in [9.17, 15) is 0 Å². The first-order chi connectivity index (χ1) is 7.68. The highest BCUT2D eigenvalue weighted by molar-refractivity contribution is 5.77. The lowest BCUT2D eigenvalue weighted by Crippen LogP contribution is -2.37. The molecule has 1 aliphatic rings. The van der Waals surface area contributed by atoms with Crippen molar-refractivity contribution in [2.45, 2.75) is 25.2 Å². The summed E-state index contributed by atoms with van der Waals surface area (Å²) in [6, 6.07) is 8.60. The summed E-state index contributed by atoms with van der Waals surface area (Å²) in [6.45, 7) is 3.06. The van der Waals surface area contributed by atoms with E-state index in [1.165, 1.54) is 24.0 Å². The van der Waals surface area contributed by atoms with Crippen LogP contribution >= 0.6 is 0 Å². The maximum absolute atomic E-state index is 5.66. The topological polar surface area (TPSA) is 50.4 Å². The second-order valence-electron chi connectivity index (χ2n) is 4.56. The van der Waals surface area contributed by atoms with Gasteiger partial charge in [-0.3, -0.25) is 4.99 Å². The summed E-state index contributed by atoms with van der Waals surface area (Å²) in [7, 11) is 1.70. The molecule has 0 bridgehead atoms. The minimum Gasteiger partial charge on any atom is -0.370 e. The van der Waals surface area contributed by atoms with E-state index < -0.39 is 0 Å². The van der Waals surface area contributed by atoms with Crippen molar-refractivity contribution in [3.05, 3.63) is 35.4 Å². The molecule has 1 aromatic carbocycles. The van der Waals surface area contributed by atoms with Crippen LogP contribution in [0.1, 0.15) is 24.0 Å².